The molecular formula is C53H64O29. The molecule has 3 aromatic carbocycles. The Hall–Kier alpha value is -6.46. The minimum Gasteiger partial charge on any atom is -0.508 e. The predicted octanol–water partition coefficient (Wildman–Crippen LogP) is -3.35. The van der Waals surface area contributed by atoms with E-state index in [1.165, 1.54) is 87.0 Å². The normalized spacial score (nSPS) is 33.9. The van der Waals surface area contributed by atoms with Crippen LogP contribution >= 0.6 is 0 Å². The number of methoxy groups -OCH3 is 2. The van der Waals surface area contributed by atoms with Crippen LogP contribution in [0.5, 0.6) is 23.0 Å². The number of carbonyl (C=O) groups is 4. The first-order chi connectivity index (χ1) is 39.1. The van der Waals surface area contributed by atoms with Crippen LogP contribution in [0.25, 0.3) is 12.2 Å². The lowest BCUT2D eigenvalue weighted by Crippen LogP contribution is -2.69. The second-order valence-electron chi connectivity index (χ2n) is 18.9. The number of benzene rings is 3. The molecular weight excluding hydrogens is 1100 g/mol. The average Bonchev–Trinajstić information content (AvgIpc) is 2.52. The molecule has 4 fully saturated rings. The molecule has 4 saturated heterocycles. The molecule has 0 radical (unpaired) electrons. The molecule has 0 unspecified atom stereocenters. The highest BCUT2D eigenvalue weighted by atomic mass is 16.8. The van der Waals surface area contributed by atoms with Crippen LogP contribution in [0.4, 0.5) is 0 Å². The summed E-state index contributed by atoms with van der Waals surface area (Å²) in [5.41, 5.74) is 0.414. The molecule has 0 aromatic heterocycles. The van der Waals surface area contributed by atoms with E-state index >= 15 is 0 Å². The summed E-state index contributed by atoms with van der Waals surface area (Å²) in [5.74, 6) is -7.68. The summed E-state index contributed by atoms with van der Waals surface area (Å²) in [6.45, 7) is -4.23. The number of phenolic OH excluding ortho intramolecular Hbond substituents is 2. The summed E-state index contributed by atoms with van der Waals surface area (Å²) in [6.07, 6.45) is -33.6. The number of phenols is 2. The van der Waals surface area contributed by atoms with Gasteiger partial charge in [0.15, 0.2) is 42.6 Å². The van der Waals surface area contributed by atoms with Crippen molar-refractivity contribution in [2.75, 3.05) is 47.3 Å². The fourth-order valence-electron chi connectivity index (χ4n) is 9.12. The van der Waals surface area contributed by atoms with Gasteiger partial charge in [-0.15, -0.1) is 0 Å². The summed E-state index contributed by atoms with van der Waals surface area (Å²) in [6, 6.07) is 15.1. The van der Waals surface area contributed by atoms with E-state index < -0.39 is 173 Å². The molecule has 3 aromatic rings. The number of esters is 4. The number of ether oxygens (including phenoxy) is 13. The van der Waals surface area contributed by atoms with Gasteiger partial charge in [-0.25, -0.2) is 14.4 Å². The van der Waals surface area contributed by atoms with E-state index in [0.717, 1.165) is 19.1 Å². The second-order valence-corrected chi connectivity index (χ2v) is 18.9. The molecule has 4 aliphatic heterocycles. The van der Waals surface area contributed by atoms with Crippen LogP contribution in [-0.2, 0) is 66.5 Å². The SMILES string of the molecule is COc1cc(/C=C/C(=O)O[C@H]2[C@@H](O[C@@H]3O[C@H](COC(C)=O)[C@@H](O)[C@H](O)[C@H]3O)[C@@H](O[C@@H]3O[C@H](CO)[C@@H](O)[C@H](O)[C@H]3O)[C@@H](O[C@]3(COC(=O)/C=C/c4ccc(O)cc4OC)O[C@H](CO)[C@@H](O)[C@H]3OC(=O)c3ccccc3)O[C@@H]2CO)ccc1O. The van der Waals surface area contributed by atoms with Gasteiger partial charge in [-0.2, -0.15) is 0 Å². The maximum absolute atomic E-state index is 14.0. The van der Waals surface area contributed by atoms with E-state index in [2.05, 4.69) is 0 Å². The summed E-state index contributed by atoms with van der Waals surface area (Å²) in [4.78, 5) is 53.5. The third kappa shape index (κ3) is 14.6. The molecule has 29 heteroatoms. The first-order valence-corrected chi connectivity index (χ1v) is 25.2. The van der Waals surface area contributed by atoms with Gasteiger partial charge in [-0.3, -0.25) is 4.79 Å². The van der Waals surface area contributed by atoms with Gasteiger partial charge in [0.1, 0.15) is 104 Å². The summed E-state index contributed by atoms with van der Waals surface area (Å²) >= 11 is 0. The third-order valence-corrected chi connectivity index (χ3v) is 13.4. The van der Waals surface area contributed by atoms with Crippen LogP contribution in [0.3, 0.4) is 0 Å². The fraction of sp³-hybridized carbons (Fsp3) is 0.509. The van der Waals surface area contributed by atoms with Crippen LogP contribution in [0.15, 0.2) is 78.9 Å². The van der Waals surface area contributed by atoms with Gasteiger partial charge in [-0.05, 0) is 54.1 Å². The third-order valence-electron chi connectivity index (χ3n) is 13.4. The van der Waals surface area contributed by atoms with Crippen molar-refractivity contribution in [2.24, 2.45) is 0 Å². The zero-order valence-corrected chi connectivity index (χ0v) is 43.9. The molecule has 0 spiro atoms. The van der Waals surface area contributed by atoms with Crippen molar-refractivity contribution in [3.63, 3.8) is 0 Å². The van der Waals surface area contributed by atoms with Crippen molar-refractivity contribution in [3.05, 3.63) is 95.6 Å². The minimum absolute atomic E-state index is 0.00877. The highest BCUT2D eigenvalue weighted by Crippen LogP contribution is 2.42. The first-order valence-electron chi connectivity index (χ1n) is 25.2. The zero-order valence-electron chi connectivity index (χ0n) is 43.9. The lowest BCUT2D eigenvalue weighted by Gasteiger charge is -2.50. The van der Waals surface area contributed by atoms with Gasteiger partial charge in [0.2, 0.25) is 5.79 Å². The van der Waals surface area contributed by atoms with Crippen LogP contribution in [-0.4, -0.2) is 249 Å². The quantitative estimate of drug-likeness (QED) is 0.0266. The van der Waals surface area contributed by atoms with E-state index in [9.17, 15) is 80.5 Å². The molecule has 4 heterocycles. The lowest BCUT2D eigenvalue weighted by molar-refractivity contribution is -0.421. The Balaban J connectivity index is 1.37. The standard InChI is InChI=1S/C53H64O29/c1-24(57)72-22-35-39(63)42(66)44(68)51(76-35)78-46-45(77-37(61)15-10-25-9-14-29(59)31(17-25)71-3)34(21-56)75-52(47(46)79-50-43(67)41(65)38(62)32(19-54)74-50)82-53(23-73-36(60)16-12-26-11-13-28(58)18-30(26)70-2)48(40(64)33(20-55)81-53)80-49(69)27-7-5-4-6-8-27/h4-18,32-35,38-48,50-52,54-56,58-59,62-68H,19-23H2,1-3H3/b15-10+,16-12+/t32-,33-,34-,35-,38-,39-,40-,41+,42+,43-,44-,45-,46-,47-,48-,50+,51+,52-,53+/m1/s1. The molecule has 0 saturated carbocycles. The van der Waals surface area contributed by atoms with Crippen molar-refractivity contribution >= 4 is 36.0 Å². The van der Waals surface area contributed by atoms with Gasteiger partial charge < -0.3 is 123 Å². The van der Waals surface area contributed by atoms with Crippen molar-refractivity contribution in [1.29, 1.82) is 0 Å². The van der Waals surface area contributed by atoms with E-state index in [0.29, 0.717) is 0 Å². The number of aliphatic hydroxyl groups is 10. The summed E-state index contributed by atoms with van der Waals surface area (Å²) < 4.78 is 75.8. The van der Waals surface area contributed by atoms with E-state index in [4.69, 9.17) is 61.6 Å². The molecule has 29 nitrogen and oxygen atoms in total. The van der Waals surface area contributed by atoms with Crippen molar-refractivity contribution < 1.29 is 142 Å². The van der Waals surface area contributed by atoms with Crippen LogP contribution in [0.1, 0.15) is 28.4 Å². The molecule has 82 heavy (non-hydrogen) atoms. The number of hydrogen-bond donors (Lipinski definition) is 12. The van der Waals surface area contributed by atoms with Crippen LogP contribution in [0.2, 0.25) is 0 Å². The van der Waals surface area contributed by atoms with Crippen molar-refractivity contribution in [3.8, 4) is 23.0 Å². The maximum Gasteiger partial charge on any atom is 0.338 e. The Morgan fingerprint density at radius 2 is 1.20 bits per heavy atom. The average molecular weight is 1170 g/mol. The number of carbonyl (C=O) groups excluding carboxylic acids is 4. The first kappa shape index (κ1) is 63.1. The maximum atomic E-state index is 14.0. The zero-order chi connectivity index (χ0) is 59.6. The minimum atomic E-state index is -2.92. The number of rotatable bonds is 22. The number of hydrogen-bond acceptors (Lipinski definition) is 29. The van der Waals surface area contributed by atoms with Crippen LogP contribution in [0, 0.1) is 0 Å². The van der Waals surface area contributed by atoms with Gasteiger partial charge >= 0.3 is 23.9 Å². The van der Waals surface area contributed by atoms with E-state index in [-0.39, 0.29) is 39.7 Å². The largest absolute Gasteiger partial charge is 0.508 e. The Labute approximate surface area is 466 Å². The van der Waals surface area contributed by atoms with Crippen LogP contribution < -0.4 is 9.47 Å². The second kappa shape index (κ2) is 28.2. The topological polar surface area (TPSA) is 431 Å². The highest BCUT2D eigenvalue weighted by Gasteiger charge is 2.64. The molecule has 0 aliphatic carbocycles. The molecule has 0 amide bonds. The van der Waals surface area contributed by atoms with E-state index in [1.54, 1.807) is 6.07 Å². The smallest absolute Gasteiger partial charge is 0.338 e. The molecule has 450 valence electrons. The monoisotopic (exact) mass is 1160 g/mol. The van der Waals surface area contributed by atoms with Crippen molar-refractivity contribution in [1.82, 2.24) is 0 Å². The molecule has 12 N–H and O–H groups in total. The number of aliphatic hydroxyl groups excluding tert-OH is 10. The molecule has 7 rings (SSSR count). The summed E-state index contributed by atoms with van der Waals surface area (Å²) in [7, 11) is 2.57. The predicted molar refractivity (Wildman–Crippen MR) is 268 cm³/mol. The highest BCUT2D eigenvalue weighted by molar-refractivity contribution is 5.90. The molecule has 4 aliphatic rings. The van der Waals surface area contributed by atoms with E-state index in [1.807, 2.05) is 0 Å². The van der Waals surface area contributed by atoms with Gasteiger partial charge in [0, 0.05) is 30.7 Å². The number of aromatic hydroxyl groups is 2. The fourth-order valence-corrected chi connectivity index (χ4v) is 9.12. The Kier molecular flexibility index (Phi) is 21.7. The van der Waals surface area contributed by atoms with Crippen molar-refractivity contribution in [2.45, 2.75) is 123 Å². The lowest BCUT2D eigenvalue weighted by atomic mass is 9.95. The van der Waals surface area contributed by atoms with Gasteiger partial charge in [0.25, 0.3) is 0 Å². The summed E-state index contributed by atoms with van der Waals surface area (Å²) in [5, 5.41) is 131. The van der Waals surface area contributed by atoms with Gasteiger partial charge in [0.05, 0.1) is 39.6 Å². The Bertz CT molecular complexity index is 2690. The Morgan fingerprint density at radius 3 is 1.83 bits per heavy atom. The Morgan fingerprint density at radius 1 is 0.585 bits per heavy atom. The molecule has 19 atom stereocenters. The van der Waals surface area contributed by atoms with Gasteiger partial charge in [-0.1, -0.05) is 24.3 Å². The molecule has 0 bridgehead atoms.